The third kappa shape index (κ3) is 6.13. The Labute approximate surface area is 158 Å². The van der Waals surface area contributed by atoms with Gasteiger partial charge in [0.2, 0.25) is 0 Å². The molecule has 0 amide bonds. The molecule has 0 aliphatic carbocycles. The molecule has 0 aliphatic rings. The maximum Gasteiger partial charge on any atom is 0.433 e. The number of carbonyl (C=O) groups is 1. The zero-order valence-corrected chi connectivity index (χ0v) is 15.5. The minimum atomic E-state index is -5.21. The number of halogens is 5. The maximum absolute atomic E-state index is 14.1. The summed E-state index contributed by atoms with van der Waals surface area (Å²) in [5.41, 5.74) is -3.75. The highest BCUT2D eigenvalue weighted by atomic mass is 35.5. The third-order valence-corrected chi connectivity index (χ3v) is 3.42. The molecule has 0 spiro atoms. The first-order valence-electron chi connectivity index (χ1n) is 7.78. The SMILES string of the molecule is CCOC(=O)/C(C(=N)C(F)(F)F)=C(/O)Cc1cc(OC(C)C)c(Cl)cc1F. The van der Waals surface area contributed by atoms with E-state index in [-0.39, 0.29) is 29.0 Å². The van der Waals surface area contributed by atoms with Crippen molar-refractivity contribution in [2.75, 3.05) is 6.61 Å². The van der Waals surface area contributed by atoms with E-state index in [1.165, 1.54) is 6.92 Å². The number of esters is 1. The van der Waals surface area contributed by atoms with E-state index >= 15 is 0 Å². The minimum Gasteiger partial charge on any atom is -0.511 e. The molecule has 10 heteroatoms. The average Bonchev–Trinajstić information content (AvgIpc) is 2.51. The van der Waals surface area contributed by atoms with E-state index in [2.05, 4.69) is 4.74 Å². The molecule has 5 nitrogen and oxygen atoms in total. The molecule has 2 N–H and O–H groups in total. The summed E-state index contributed by atoms with van der Waals surface area (Å²) in [7, 11) is 0. The van der Waals surface area contributed by atoms with Gasteiger partial charge in [-0.1, -0.05) is 11.6 Å². The summed E-state index contributed by atoms with van der Waals surface area (Å²) in [6.07, 6.45) is -6.33. The number of aliphatic hydroxyl groups excluding tert-OH is 1. The van der Waals surface area contributed by atoms with Crippen LogP contribution >= 0.6 is 11.6 Å². The lowest BCUT2D eigenvalue weighted by Crippen LogP contribution is -2.30. The summed E-state index contributed by atoms with van der Waals surface area (Å²) >= 11 is 5.85. The van der Waals surface area contributed by atoms with Gasteiger partial charge >= 0.3 is 12.1 Å². The van der Waals surface area contributed by atoms with Gasteiger partial charge < -0.3 is 14.6 Å². The number of carbonyl (C=O) groups excluding carboxylic acids is 1. The zero-order chi connectivity index (χ0) is 20.9. The van der Waals surface area contributed by atoms with Crippen LogP contribution in [0.2, 0.25) is 5.02 Å². The number of hydrogen-bond acceptors (Lipinski definition) is 5. The predicted molar refractivity (Wildman–Crippen MR) is 90.9 cm³/mol. The zero-order valence-electron chi connectivity index (χ0n) is 14.7. The number of hydrogen-bond donors (Lipinski definition) is 2. The minimum absolute atomic E-state index is 0.0550. The van der Waals surface area contributed by atoms with Crippen molar-refractivity contribution < 1.29 is 36.9 Å². The normalized spacial score (nSPS) is 12.6. The smallest absolute Gasteiger partial charge is 0.433 e. The highest BCUT2D eigenvalue weighted by Gasteiger charge is 2.41. The molecule has 0 saturated heterocycles. The Balaban J connectivity index is 3.39. The molecular weight excluding hydrogens is 394 g/mol. The number of rotatable bonds is 7. The second kappa shape index (κ2) is 9.07. The van der Waals surface area contributed by atoms with Gasteiger partial charge in [-0.15, -0.1) is 0 Å². The van der Waals surface area contributed by atoms with E-state index in [1.807, 2.05) is 0 Å². The van der Waals surface area contributed by atoms with Crippen molar-refractivity contribution in [1.82, 2.24) is 0 Å². The molecule has 0 unspecified atom stereocenters. The predicted octanol–water partition coefficient (Wildman–Crippen LogP) is 4.77. The fourth-order valence-corrected chi connectivity index (χ4v) is 2.22. The van der Waals surface area contributed by atoms with Gasteiger partial charge in [0.05, 0.1) is 17.7 Å². The van der Waals surface area contributed by atoms with Gasteiger partial charge in [-0.3, -0.25) is 5.41 Å². The van der Waals surface area contributed by atoms with Crippen LogP contribution in [0.4, 0.5) is 17.6 Å². The number of benzene rings is 1. The van der Waals surface area contributed by atoms with Crippen molar-refractivity contribution in [2.45, 2.75) is 39.5 Å². The van der Waals surface area contributed by atoms with E-state index in [1.54, 1.807) is 13.8 Å². The summed E-state index contributed by atoms with van der Waals surface area (Å²) < 4.78 is 62.5. The number of nitrogens with one attached hydrogen (secondary N) is 1. The number of allylic oxidation sites excluding steroid dienone is 1. The van der Waals surface area contributed by atoms with Crippen molar-refractivity contribution in [1.29, 1.82) is 5.41 Å². The van der Waals surface area contributed by atoms with Gasteiger partial charge in [-0.05, 0) is 38.5 Å². The van der Waals surface area contributed by atoms with Crippen LogP contribution in [0, 0.1) is 11.2 Å². The van der Waals surface area contributed by atoms with Gasteiger partial charge in [0, 0.05) is 6.42 Å². The Bertz CT molecular complexity index is 760. The molecule has 0 bridgehead atoms. The topological polar surface area (TPSA) is 79.6 Å². The van der Waals surface area contributed by atoms with Gasteiger partial charge in [0.15, 0.2) is 5.71 Å². The van der Waals surface area contributed by atoms with Crippen LogP contribution in [-0.2, 0) is 16.0 Å². The first kappa shape index (κ1) is 22.8. The fraction of sp³-hybridized carbons (Fsp3) is 0.412. The van der Waals surface area contributed by atoms with Crippen molar-refractivity contribution in [3.05, 3.63) is 39.9 Å². The number of alkyl halides is 3. The molecule has 0 aliphatic heterocycles. The second-order valence-electron chi connectivity index (χ2n) is 5.63. The lowest BCUT2D eigenvalue weighted by atomic mass is 10.0. The molecule has 1 rings (SSSR count). The standard InChI is InChI=1S/C17H18ClF4NO4/c1-4-26-16(25)14(15(23)17(20,21)22)12(24)5-9-6-13(27-8(2)3)10(18)7-11(9)19/h6-8,23-24H,4-5H2,1-3H3/b14-12+,23-15?. The van der Waals surface area contributed by atoms with E-state index in [0.717, 1.165) is 12.1 Å². The highest BCUT2D eigenvalue weighted by Crippen LogP contribution is 2.31. The molecule has 0 saturated carbocycles. The van der Waals surface area contributed by atoms with Crippen LogP contribution < -0.4 is 4.74 Å². The molecule has 27 heavy (non-hydrogen) atoms. The van der Waals surface area contributed by atoms with Gasteiger partial charge in [0.1, 0.15) is 22.9 Å². The van der Waals surface area contributed by atoms with Crippen LogP contribution in [0.25, 0.3) is 0 Å². The Morgan fingerprint density at radius 1 is 1.33 bits per heavy atom. The molecule has 0 fully saturated rings. The van der Waals surface area contributed by atoms with Crippen LogP contribution in [0.3, 0.4) is 0 Å². The Morgan fingerprint density at radius 3 is 2.41 bits per heavy atom. The average molecular weight is 412 g/mol. The summed E-state index contributed by atoms with van der Waals surface area (Å²) in [4.78, 5) is 11.8. The molecule has 1 aromatic carbocycles. The second-order valence-corrected chi connectivity index (χ2v) is 6.04. The maximum atomic E-state index is 14.1. The molecule has 150 valence electrons. The molecule has 0 heterocycles. The van der Waals surface area contributed by atoms with E-state index in [4.69, 9.17) is 21.7 Å². The summed E-state index contributed by atoms with van der Waals surface area (Å²) in [6, 6.07) is 1.98. The summed E-state index contributed by atoms with van der Waals surface area (Å²) in [5.74, 6) is -3.57. The van der Waals surface area contributed by atoms with Crippen molar-refractivity contribution in [3.63, 3.8) is 0 Å². The van der Waals surface area contributed by atoms with Crippen LogP contribution in [0.15, 0.2) is 23.5 Å². The van der Waals surface area contributed by atoms with Crippen molar-refractivity contribution >= 4 is 23.3 Å². The van der Waals surface area contributed by atoms with Crippen molar-refractivity contribution in [3.8, 4) is 5.75 Å². The highest BCUT2D eigenvalue weighted by molar-refractivity contribution is 6.32. The lowest BCUT2D eigenvalue weighted by molar-refractivity contribution is -0.138. The van der Waals surface area contributed by atoms with Crippen LogP contribution in [0.1, 0.15) is 26.3 Å². The summed E-state index contributed by atoms with van der Waals surface area (Å²) in [5, 5.41) is 17.1. The molecule has 0 radical (unpaired) electrons. The number of ether oxygens (including phenoxy) is 2. The lowest BCUT2D eigenvalue weighted by Gasteiger charge is -2.15. The molecule has 1 aromatic rings. The monoisotopic (exact) mass is 411 g/mol. The van der Waals surface area contributed by atoms with E-state index in [9.17, 15) is 27.5 Å². The molecular formula is C17H18ClF4NO4. The Morgan fingerprint density at radius 2 is 1.93 bits per heavy atom. The molecule has 0 aromatic heterocycles. The largest absolute Gasteiger partial charge is 0.511 e. The Hall–Kier alpha value is -2.29. The summed E-state index contributed by atoms with van der Waals surface area (Å²) in [6.45, 7) is 4.43. The van der Waals surface area contributed by atoms with Crippen LogP contribution in [-0.4, -0.2) is 35.7 Å². The Kier molecular flexibility index (Phi) is 7.65. The van der Waals surface area contributed by atoms with Crippen molar-refractivity contribution in [2.24, 2.45) is 0 Å². The van der Waals surface area contributed by atoms with Crippen LogP contribution in [0.5, 0.6) is 5.75 Å². The third-order valence-electron chi connectivity index (χ3n) is 3.12. The first-order chi connectivity index (χ1) is 12.4. The van der Waals surface area contributed by atoms with Gasteiger partial charge in [-0.2, -0.15) is 13.2 Å². The first-order valence-corrected chi connectivity index (χ1v) is 8.16. The number of aliphatic hydroxyl groups is 1. The fourth-order valence-electron chi connectivity index (χ4n) is 2.03. The molecule has 0 atom stereocenters. The quantitative estimate of drug-likeness (QED) is 0.223. The van der Waals surface area contributed by atoms with Gasteiger partial charge in [0.25, 0.3) is 0 Å². The van der Waals surface area contributed by atoms with Gasteiger partial charge in [-0.25, -0.2) is 9.18 Å². The van der Waals surface area contributed by atoms with E-state index in [0.29, 0.717) is 0 Å². The van der Waals surface area contributed by atoms with E-state index < -0.39 is 41.4 Å².